The number of thiophene rings is 1. The highest BCUT2D eigenvalue weighted by Crippen LogP contribution is 2.16. The van der Waals surface area contributed by atoms with Gasteiger partial charge in [0.2, 0.25) is 11.8 Å². The van der Waals surface area contributed by atoms with E-state index in [1.165, 1.54) is 0 Å². The van der Waals surface area contributed by atoms with Crippen molar-refractivity contribution in [3.05, 3.63) is 34.5 Å². The van der Waals surface area contributed by atoms with Crippen LogP contribution in [0.5, 0.6) is 5.88 Å². The Hall–Kier alpha value is -2.15. The summed E-state index contributed by atoms with van der Waals surface area (Å²) in [4.78, 5) is 17.4. The molecule has 0 N–H and O–H groups in total. The van der Waals surface area contributed by atoms with Crippen molar-refractivity contribution in [2.24, 2.45) is 0 Å². The van der Waals surface area contributed by atoms with Crippen LogP contribution >= 0.6 is 11.3 Å². The van der Waals surface area contributed by atoms with Crippen LogP contribution < -0.4 is 9.64 Å². The first-order valence-corrected chi connectivity index (χ1v) is 8.07. The molecule has 3 heterocycles. The zero-order valence-corrected chi connectivity index (χ0v) is 13.3. The molecule has 116 valence electrons. The molecular weight excluding hydrogens is 300 g/mol. The van der Waals surface area contributed by atoms with Crippen molar-refractivity contribution in [3.63, 3.8) is 0 Å². The maximum absolute atomic E-state index is 12.3. The number of methoxy groups -OCH3 is 1. The molecule has 0 saturated carbocycles. The summed E-state index contributed by atoms with van der Waals surface area (Å²) in [6, 6.07) is 7.69. The Morgan fingerprint density at radius 2 is 2.05 bits per heavy atom. The number of anilines is 1. The molecule has 2 aromatic rings. The Kier molecular flexibility index (Phi) is 4.53. The molecule has 0 unspecified atom stereocenters. The molecule has 1 saturated heterocycles. The van der Waals surface area contributed by atoms with Crippen LogP contribution in [0.4, 0.5) is 5.82 Å². The van der Waals surface area contributed by atoms with Crippen molar-refractivity contribution in [1.29, 1.82) is 0 Å². The molecule has 0 aromatic carbocycles. The third-order valence-electron chi connectivity index (χ3n) is 3.70. The first kappa shape index (κ1) is 14.8. The number of nitrogens with zero attached hydrogens (tertiary/aromatic N) is 4. The fraction of sp³-hybridized carbons (Fsp3) is 0.400. The van der Waals surface area contributed by atoms with Gasteiger partial charge in [-0.25, -0.2) is 0 Å². The van der Waals surface area contributed by atoms with Crippen molar-refractivity contribution in [2.45, 2.75) is 6.42 Å². The minimum absolute atomic E-state index is 0.197. The van der Waals surface area contributed by atoms with Gasteiger partial charge in [-0.2, -0.15) is 0 Å². The van der Waals surface area contributed by atoms with Crippen molar-refractivity contribution < 1.29 is 9.53 Å². The Balaban J connectivity index is 1.54. The summed E-state index contributed by atoms with van der Waals surface area (Å²) in [5.41, 5.74) is 0. The molecule has 6 nitrogen and oxygen atoms in total. The van der Waals surface area contributed by atoms with Gasteiger partial charge in [-0.3, -0.25) is 4.79 Å². The zero-order valence-electron chi connectivity index (χ0n) is 12.4. The first-order valence-electron chi connectivity index (χ1n) is 7.19. The number of ether oxygens (including phenoxy) is 1. The van der Waals surface area contributed by atoms with E-state index in [0.717, 1.165) is 36.9 Å². The second-order valence-corrected chi connectivity index (χ2v) is 6.09. The lowest BCUT2D eigenvalue weighted by Gasteiger charge is -2.35. The van der Waals surface area contributed by atoms with Crippen LogP contribution in [0.3, 0.4) is 0 Å². The average molecular weight is 318 g/mol. The van der Waals surface area contributed by atoms with E-state index in [9.17, 15) is 4.79 Å². The SMILES string of the molecule is COc1ccc(N2CCN(C(=O)Cc3cccs3)CC2)nn1. The van der Waals surface area contributed by atoms with Gasteiger partial charge in [-0.05, 0) is 17.5 Å². The summed E-state index contributed by atoms with van der Waals surface area (Å²) in [7, 11) is 1.57. The molecule has 0 aliphatic carbocycles. The van der Waals surface area contributed by atoms with E-state index in [-0.39, 0.29) is 5.91 Å². The Morgan fingerprint density at radius 1 is 1.23 bits per heavy atom. The number of hydrogen-bond acceptors (Lipinski definition) is 6. The van der Waals surface area contributed by atoms with E-state index in [2.05, 4.69) is 15.1 Å². The molecule has 0 spiro atoms. The molecule has 0 atom stereocenters. The third-order valence-corrected chi connectivity index (χ3v) is 4.57. The Labute approximate surface area is 133 Å². The molecule has 2 aromatic heterocycles. The van der Waals surface area contributed by atoms with Crippen molar-refractivity contribution >= 4 is 23.1 Å². The summed E-state index contributed by atoms with van der Waals surface area (Å²) in [5, 5.41) is 10.1. The summed E-state index contributed by atoms with van der Waals surface area (Å²) in [5.74, 6) is 1.53. The molecule has 3 rings (SSSR count). The van der Waals surface area contributed by atoms with Gasteiger partial charge in [0.15, 0.2) is 5.82 Å². The van der Waals surface area contributed by atoms with Gasteiger partial charge in [0.1, 0.15) is 0 Å². The monoisotopic (exact) mass is 318 g/mol. The summed E-state index contributed by atoms with van der Waals surface area (Å²) < 4.78 is 5.01. The number of piperazine rings is 1. The fourth-order valence-corrected chi connectivity index (χ4v) is 3.15. The van der Waals surface area contributed by atoms with Gasteiger partial charge in [0, 0.05) is 37.1 Å². The van der Waals surface area contributed by atoms with E-state index in [0.29, 0.717) is 12.3 Å². The highest BCUT2D eigenvalue weighted by molar-refractivity contribution is 7.10. The maximum Gasteiger partial charge on any atom is 0.233 e. The van der Waals surface area contributed by atoms with Crippen LogP contribution in [0.1, 0.15) is 4.88 Å². The molecule has 1 fully saturated rings. The predicted molar refractivity (Wildman–Crippen MR) is 85.4 cm³/mol. The maximum atomic E-state index is 12.3. The largest absolute Gasteiger partial charge is 0.480 e. The second kappa shape index (κ2) is 6.74. The van der Waals surface area contributed by atoms with Gasteiger partial charge >= 0.3 is 0 Å². The minimum atomic E-state index is 0.197. The Bertz CT molecular complexity index is 607. The van der Waals surface area contributed by atoms with Gasteiger partial charge in [-0.1, -0.05) is 6.07 Å². The van der Waals surface area contributed by atoms with Crippen LogP contribution in [0.25, 0.3) is 0 Å². The number of amides is 1. The van der Waals surface area contributed by atoms with E-state index < -0.39 is 0 Å². The molecule has 0 bridgehead atoms. The van der Waals surface area contributed by atoms with Crippen LogP contribution in [-0.4, -0.2) is 54.3 Å². The number of hydrogen-bond donors (Lipinski definition) is 0. The topological polar surface area (TPSA) is 58.6 Å². The lowest BCUT2D eigenvalue weighted by molar-refractivity contribution is -0.130. The first-order chi connectivity index (χ1) is 10.8. The molecule has 1 aliphatic heterocycles. The quantitative estimate of drug-likeness (QED) is 0.854. The summed E-state index contributed by atoms with van der Waals surface area (Å²) >= 11 is 1.63. The number of rotatable bonds is 4. The minimum Gasteiger partial charge on any atom is -0.480 e. The van der Waals surface area contributed by atoms with E-state index in [1.54, 1.807) is 24.5 Å². The predicted octanol–water partition coefficient (Wildman–Crippen LogP) is 1.44. The molecular formula is C15H18N4O2S. The van der Waals surface area contributed by atoms with E-state index in [1.807, 2.05) is 28.5 Å². The summed E-state index contributed by atoms with van der Waals surface area (Å²) in [6.07, 6.45) is 0.500. The summed E-state index contributed by atoms with van der Waals surface area (Å²) in [6.45, 7) is 2.99. The van der Waals surface area contributed by atoms with Gasteiger partial charge in [-0.15, -0.1) is 21.5 Å². The number of carbonyl (C=O) groups is 1. The molecule has 22 heavy (non-hydrogen) atoms. The lowest BCUT2D eigenvalue weighted by Crippen LogP contribution is -2.49. The van der Waals surface area contributed by atoms with Crippen molar-refractivity contribution in [1.82, 2.24) is 15.1 Å². The second-order valence-electron chi connectivity index (χ2n) is 5.06. The third kappa shape index (κ3) is 3.36. The fourth-order valence-electron chi connectivity index (χ4n) is 2.45. The van der Waals surface area contributed by atoms with Gasteiger partial charge in [0.25, 0.3) is 0 Å². The Morgan fingerprint density at radius 3 is 2.64 bits per heavy atom. The standard InChI is InChI=1S/C15H18N4O2S/c1-21-14-5-4-13(16-17-14)18-6-8-19(9-7-18)15(20)11-12-3-2-10-22-12/h2-5,10H,6-9,11H2,1H3. The van der Waals surface area contributed by atoms with Crippen LogP contribution in [0, 0.1) is 0 Å². The lowest BCUT2D eigenvalue weighted by atomic mass is 10.2. The van der Waals surface area contributed by atoms with E-state index >= 15 is 0 Å². The van der Waals surface area contributed by atoms with Crippen molar-refractivity contribution in [3.8, 4) is 5.88 Å². The number of carbonyl (C=O) groups excluding carboxylic acids is 1. The smallest absolute Gasteiger partial charge is 0.233 e. The normalized spacial score (nSPS) is 15.0. The zero-order chi connectivity index (χ0) is 15.4. The number of aromatic nitrogens is 2. The van der Waals surface area contributed by atoms with E-state index in [4.69, 9.17) is 4.74 Å². The molecule has 7 heteroatoms. The molecule has 1 amide bonds. The highest BCUT2D eigenvalue weighted by Gasteiger charge is 2.22. The van der Waals surface area contributed by atoms with Crippen LogP contribution in [0.2, 0.25) is 0 Å². The molecule has 0 radical (unpaired) electrons. The highest BCUT2D eigenvalue weighted by atomic mass is 32.1. The molecule has 1 aliphatic rings. The average Bonchev–Trinajstić information content (AvgIpc) is 3.08. The van der Waals surface area contributed by atoms with Crippen LogP contribution in [-0.2, 0) is 11.2 Å². The van der Waals surface area contributed by atoms with Gasteiger partial charge < -0.3 is 14.5 Å². The van der Waals surface area contributed by atoms with Crippen molar-refractivity contribution in [2.75, 3.05) is 38.2 Å². The van der Waals surface area contributed by atoms with Gasteiger partial charge in [0.05, 0.1) is 13.5 Å². The van der Waals surface area contributed by atoms with Crippen LogP contribution in [0.15, 0.2) is 29.6 Å².